The summed E-state index contributed by atoms with van der Waals surface area (Å²) in [4.78, 5) is 25.1. The van der Waals surface area contributed by atoms with Crippen LogP contribution in [-0.4, -0.2) is 23.8 Å². The fourth-order valence-corrected chi connectivity index (χ4v) is 1.04. The molecule has 1 aliphatic rings. The Labute approximate surface area is 75.2 Å². The summed E-state index contributed by atoms with van der Waals surface area (Å²) in [6, 6.07) is 3.13. The van der Waals surface area contributed by atoms with Crippen LogP contribution in [0.3, 0.4) is 0 Å². The van der Waals surface area contributed by atoms with E-state index in [1.807, 2.05) is 0 Å². The van der Waals surface area contributed by atoms with Gasteiger partial charge in [-0.3, -0.25) is 9.59 Å². The van der Waals surface area contributed by atoms with Crippen LogP contribution in [-0.2, 0) is 4.79 Å². The molecule has 0 saturated carbocycles. The number of rotatable bonds is 1. The molecule has 2 heterocycles. The number of nitrogens with one attached hydrogen (secondary N) is 1. The Morgan fingerprint density at radius 3 is 3.23 bits per heavy atom. The zero-order valence-electron chi connectivity index (χ0n) is 6.61. The molecular formula is C8H8N2O3. The Bertz CT molecular complexity index is 381. The van der Waals surface area contributed by atoms with Crippen molar-refractivity contribution in [2.75, 3.05) is 11.9 Å². The van der Waals surface area contributed by atoms with Crippen LogP contribution < -0.4 is 10.1 Å². The van der Waals surface area contributed by atoms with Crippen molar-refractivity contribution in [3.63, 3.8) is 0 Å². The smallest absolute Gasteiger partial charge is 0.263 e. The second-order valence-electron chi connectivity index (χ2n) is 2.54. The van der Waals surface area contributed by atoms with Gasteiger partial charge >= 0.3 is 0 Å². The van der Waals surface area contributed by atoms with Gasteiger partial charge in [0.15, 0.2) is 24.5 Å². The summed E-state index contributed by atoms with van der Waals surface area (Å²) in [6.07, 6.45) is 0.612. The van der Waals surface area contributed by atoms with E-state index in [0.29, 0.717) is 17.9 Å². The van der Waals surface area contributed by atoms with Gasteiger partial charge in [0.05, 0.1) is 0 Å². The average Bonchev–Trinajstić information content (AvgIpc) is 2.16. The fraction of sp³-hybridized carbons (Fsp3) is 0.125. The Morgan fingerprint density at radius 2 is 2.46 bits per heavy atom. The van der Waals surface area contributed by atoms with Crippen LogP contribution in [0.4, 0.5) is 5.82 Å². The Morgan fingerprint density at radius 1 is 1.62 bits per heavy atom. The summed E-state index contributed by atoms with van der Waals surface area (Å²) in [6.45, 7) is -0.00485. The monoisotopic (exact) mass is 180 g/mol. The number of amides is 1. The normalized spacial score (nSPS) is 14.0. The largest absolute Gasteiger partial charge is 0.480 e. The summed E-state index contributed by atoms with van der Waals surface area (Å²) in [5.41, 5.74) is 0.268. The molecule has 0 aliphatic carbocycles. The van der Waals surface area contributed by atoms with Gasteiger partial charge in [-0.1, -0.05) is 0 Å². The second kappa shape index (κ2) is 2.85. The van der Waals surface area contributed by atoms with Crippen molar-refractivity contribution in [1.82, 2.24) is 4.98 Å². The third-order valence-corrected chi connectivity index (χ3v) is 1.62. The maximum Gasteiger partial charge on any atom is 0.263 e. The van der Waals surface area contributed by atoms with Crippen molar-refractivity contribution in [3.05, 3.63) is 17.8 Å². The van der Waals surface area contributed by atoms with Crippen molar-refractivity contribution in [1.29, 1.82) is 0 Å². The van der Waals surface area contributed by atoms with E-state index in [2.05, 4.69) is 10.3 Å². The summed E-state index contributed by atoms with van der Waals surface area (Å²) < 4.78 is 5.04. The lowest BCUT2D eigenvalue weighted by atomic mass is 10.3. The molecule has 0 aromatic carbocycles. The minimum atomic E-state index is -0.261. The molecule has 1 aromatic rings. The van der Waals surface area contributed by atoms with Gasteiger partial charge in [0, 0.05) is 1.43 Å². The molecule has 1 N–H and O–H groups in total. The Kier molecular flexibility index (Phi) is 1.70. The number of carbonyl (C=O) groups excluding carboxylic acids is 2. The van der Waals surface area contributed by atoms with E-state index in [4.69, 9.17) is 4.74 Å². The summed E-state index contributed by atoms with van der Waals surface area (Å²) >= 11 is 0. The molecule has 2 rings (SSSR count). The number of anilines is 1. The maximum absolute atomic E-state index is 10.9. The minimum Gasteiger partial charge on any atom is -0.480 e. The number of carbonyl (C=O) groups is 2. The van der Waals surface area contributed by atoms with Gasteiger partial charge in [-0.2, -0.15) is 0 Å². The highest BCUT2D eigenvalue weighted by molar-refractivity contribution is 5.94. The SMILES string of the molecule is O=Cc1ccc2c(n1)NC(=O)CO2.[HH]. The predicted octanol–water partition coefficient (Wildman–Crippen LogP) is 0.471. The lowest BCUT2D eigenvalue weighted by Gasteiger charge is -2.16. The maximum atomic E-state index is 10.9. The molecule has 0 atom stereocenters. The molecule has 0 saturated heterocycles. The first-order valence-corrected chi connectivity index (χ1v) is 3.68. The second-order valence-corrected chi connectivity index (χ2v) is 2.54. The molecule has 13 heavy (non-hydrogen) atoms. The summed E-state index contributed by atoms with van der Waals surface area (Å²) in [5, 5.41) is 2.50. The van der Waals surface area contributed by atoms with Crippen molar-refractivity contribution >= 4 is 18.0 Å². The molecular weight excluding hydrogens is 172 g/mol. The average molecular weight is 180 g/mol. The van der Waals surface area contributed by atoms with Gasteiger partial charge < -0.3 is 10.1 Å². The van der Waals surface area contributed by atoms with Gasteiger partial charge in [0.2, 0.25) is 0 Å². The first kappa shape index (κ1) is 7.72. The van der Waals surface area contributed by atoms with E-state index in [9.17, 15) is 9.59 Å². The van der Waals surface area contributed by atoms with Gasteiger partial charge in [-0.25, -0.2) is 4.98 Å². The van der Waals surface area contributed by atoms with Gasteiger partial charge in [0.1, 0.15) is 5.69 Å². The van der Waals surface area contributed by atoms with Crippen LogP contribution in [0.2, 0.25) is 0 Å². The molecule has 68 valence electrons. The van der Waals surface area contributed by atoms with Gasteiger partial charge in [-0.15, -0.1) is 0 Å². The van der Waals surface area contributed by atoms with Crippen molar-refractivity contribution in [2.24, 2.45) is 0 Å². The number of fused-ring (bicyclic) bond motifs is 1. The first-order chi connectivity index (χ1) is 6.29. The predicted molar refractivity (Wildman–Crippen MR) is 45.9 cm³/mol. The van der Waals surface area contributed by atoms with Crippen LogP contribution in [0.15, 0.2) is 12.1 Å². The number of aldehydes is 1. The molecule has 5 heteroatoms. The van der Waals surface area contributed by atoms with Crippen LogP contribution >= 0.6 is 0 Å². The highest BCUT2D eigenvalue weighted by Crippen LogP contribution is 2.24. The molecule has 1 aliphatic heterocycles. The van der Waals surface area contributed by atoms with Gasteiger partial charge in [0.25, 0.3) is 5.91 Å². The minimum absolute atomic E-state index is 0. The third kappa shape index (κ3) is 1.35. The molecule has 1 aromatic heterocycles. The highest BCUT2D eigenvalue weighted by atomic mass is 16.5. The third-order valence-electron chi connectivity index (χ3n) is 1.62. The lowest BCUT2D eigenvalue weighted by Crippen LogP contribution is -2.26. The Balaban J connectivity index is 0.000000980. The number of ether oxygens (including phenoxy) is 1. The van der Waals surface area contributed by atoms with Crippen molar-refractivity contribution in [2.45, 2.75) is 0 Å². The first-order valence-electron chi connectivity index (χ1n) is 3.68. The molecule has 0 fully saturated rings. The molecule has 5 nitrogen and oxygen atoms in total. The molecule has 0 unspecified atom stereocenters. The number of pyridine rings is 1. The van der Waals surface area contributed by atoms with E-state index >= 15 is 0 Å². The summed E-state index contributed by atoms with van der Waals surface area (Å²) in [5.74, 6) is 0.536. The zero-order chi connectivity index (χ0) is 9.26. The van der Waals surface area contributed by atoms with Crippen LogP contribution in [0.5, 0.6) is 5.75 Å². The molecule has 0 radical (unpaired) electrons. The highest BCUT2D eigenvalue weighted by Gasteiger charge is 2.16. The van der Waals surface area contributed by atoms with E-state index < -0.39 is 0 Å². The van der Waals surface area contributed by atoms with E-state index in [0.717, 1.165) is 0 Å². The van der Waals surface area contributed by atoms with Crippen molar-refractivity contribution in [3.8, 4) is 5.75 Å². The van der Waals surface area contributed by atoms with Gasteiger partial charge in [-0.05, 0) is 12.1 Å². The molecule has 0 spiro atoms. The standard InChI is InChI=1S/C8H6N2O3.H2/c11-3-5-1-2-6-8(9-5)10-7(12)4-13-6;/h1-3H,4H2,(H,9,10,12);1H. The van der Waals surface area contributed by atoms with E-state index in [-0.39, 0.29) is 19.6 Å². The van der Waals surface area contributed by atoms with E-state index in [1.165, 1.54) is 6.07 Å². The van der Waals surface area contributed by atoms with Crippen molar-refractivity contribution < 1.29 is 15.8 Å². The quantitative estimate of drug-likeness (QED) is 0.638. The molecule has 1 amide bonds. The number of aromatic nitrogens is 1. The van der Waals surface area contributed by atoms with E-state index in [1.54, 1.807) is 6.07 Å². The number of hydrogen-bond donors (Lipinski definition) is 1. The summed E-state index contributed by atoms with van der Waals surface area (Å²) in [7, 11) is 0. The zero-order valence-corrected chi connectivity index (χ0v) is 6.61. The van der Waals surface area contributed by atoms with Crippen LogP contribution in [0.25, 0.3) is 0 Å². The number of nitrogens with zero attached hydrogens (tertiary/aromatic N) is 1. The Hall–Kier alpha value is -1.91. The van der Waals surface area contributed by atoms with Crippen LogP contribution in [0.1, 0.15) is 11.9 Å². The topological polar surface area (TPSA) is 68.3 Å². The number of hydrogen-bond acceptors (Lipinski definition) is 4. The molecule has 0 bridgehead atoms. The fourth-order valence-electron chi connectivity index (χ4n) is 1.04. The van der Waals surface area contributed by atoms with Crippen LogP contribution in [0, 0.1) is 0 Å². The lowest BCUT2D eigenvalue weighted by molar-refractivity contribution is -0.118.